The van der Waals surface area contributed by atoms with Crippen molar-refractivity contribution in [1.82, 2.24) is 0 Å². The molecule has 1 heteroatoms. The molecule has 0 unspecified atom stereocenters. The highest BCUT2D eigenvalue weighted by Gasteiger charge is 2.19. The summed E-state index contributed by atoms with van der Waals surface area (Å²) in [6.45, 7) is 7.61. The summed E-state index contributed by atoms with van der Waals surface area (Å²) in [5.41, 5.74) is -0.0972. The Morgan fingerprint density at radius 1 is 1.44 bits per heavy atom. The highest BCUT2D eigenvalue weighted by atomic mass is 16.1. The number of ketones is 1. The van der Waals surface area contributed by atoms with Crippen LogP contribution in [0.3, 0.4) is 0 Å². The van der Waals surface area contributed by atoms with Gasteiger partial charge in [0.2, 0.25) is 0 Å². The Balaban J connectivity index is 0. The first-order chi connectivity index (χ1) is 3.50. The Labute approximate surface area is 58.5 Å². The van der Waals surface area contributed by atoms with Gasteiger partial charge in [0.25, 0.3) is 0 Å². The molecule has 0 aliphatic rings. The minimum absolute atomic E-state index is 0. The van der Waals surface area contributed by atoms with Gasteiger partial charge >= 0.3 is 0 Å². The quantitative estimate of drug-likeness (QED) is 0.561. The molecule has 0 aromatic rings. The minimum atomic E-state index is -0.0972. The third kappa shape index (κ3) is 3.28. The smallest absolute Gasteiger partial charge is 0.135 e. The minimum Gasteiger partial charge on any atom is -0.299 e. The molecule has 0 spiro atoms. The van der Waals surface area contributed by atoms with Crippen molar-refractivity contribution >= 4 is 5.78 Å². The molecule has 0 fully saturated rings. The van der Waals surface area contributed by atoms with E-state index in [1.54, 1.807) is 6.92 Å². The summed E-state index contributed by atoms with van der Waals surface area (Å²) in [4.78, 5) is 10.7. The van der Waals surface area contributed by atoms with Crippen molar-refractivity contribution in [3.8, 4) is 0 Å². The SMILES string of the molecule is C.CCC(C)(C)C(C)=O. The Hall–Kier alpha value is -0.330. The molecule has 0 heterocycles. The Morgan fingerprint density at radius 2 is 1.78 bits per heavy atom. The molecular weight excluding hydrogens is 112 g/mol. The zero-order valence-electron chi connectivity index (χ0n) is 6.12. The molecule has 0 bridgehead atoms. The molecular formula is C8H18O. The van der Waals surface area contributed by atoms with E-state index >= 15 is 0 Å². The zero-order valence-corrected chi connectivity index (χ0v) is 6.12. The highest BCUT2D eigenvalue weighted by molar-refractivity contribution is 5.81. The van der Waals surface area contributed by atoms with E-state index in [1.807, 2.05) is 20.8 Å². The lowest BCUT2D eigenvalue weighted by Crippen LogP contribution is -2.19. The first-order valence-corrected chi connectivity index (χ1v) is 3.01. The second-order valence-electron chi connectivity index (χ2n) is 2.79. The van der Waals surface area contributed by atoms with Crippen molar-refractivity contribution in [2.75, 3.05) is 0 Å². The van der Waals surface area contributed by atoms with Gasteiger partial charge in [-0.3, -0.25) is 4.79 Å². The van der Waals surface area contributed by atoms with Crippen molar-refractivity contribution < 1.29 is 4.79 Å². The third-order valence-corrected chi connectivity index (χ3v) is 1.84. The molecule has 9 heavy (non-hydrogen) atoms. The van der Waals surface area contributed by atoms with Gasteiger partial charge in [-0.1, -0.05) is 28.2 Å². The predicted octanol–water partition coefficient (Wildman–Crippen LogP) is 2.65. The van der Waals surface area contributed by atoms with Crippen molar-refractivity contribution in [3.05, 3.63) is 0 Å². The standard InChI is InChI=1S/C7H14O.CH4/c1-5-7(3,4)6(2)8;/h5H2,1-4H3;1H4. The number of hydrogen-bond donors (Lipinski definition) is 0. The summed E-state index contributed by atoms with van der Waals surface area (Å²) in [6.07, 6.45) is 0.933. The molecule has 0 atom stereocenters. The summed E-state index contributed by atoms with van der Waals surface area (Å²) < 4.78 is 0. The second kappa shape index (κ2) is 3.65. The largest absolute Gasteiger partial charge is 0.299 e. The van der Waals surface area contributed by atoms with Crippen molar-refractivity contribution in [1.29, 1.82) is 0 Å². The molecule has 1 nitrogen and oxygen atoms in total. The third-order valence-electron chi connectivity index (χ3n) is 1.84. The molecule has 0 aromatic heterocycles. The van der Waals surface area contributed by atoms with Gasteiger partial charge in [0.1, 0.15) is 5.78 Å². The van der Waals surface area contributed by atoms with Crippen LogP contribution in [0.2, 0.25) is 0 Å². The van der Waals surface area contributed by atoms with E-state index in [2.05, 4.69) is 0 Å². The van der Waals surface area contributed by atoms with Crippen LogP contribution in [0.4, 0.5) is 0 Å². The van der Waals surface area contributed by atoms with Crippen LogP contribution in [0, 0.1) is 5.41 Å². The molecule has 0 aromatic carbocycles. The lowest BCUT2D eigenvalue weighted by molar-refractivity contribution is -0.124. The predicted molar refractivity (Wildman–Crippen MR) is 41.5 cm³/mol. The molecule has 0 saturated heterocycles. The van der Waals surface area contributed by atoms with Crippen LogP contribution in [0.1, 0.15) is 41.5 Å². The lowest BCUT2D eigenvalue weighted by atomic mass is 9.86. The van der Waals surface area contributed by atoms with E-state index in [-0.39, 0.29) is 18.6 Å². The van der Waals surface area contributed by atoms with Crippen molar-refractivity contribution in [3.63, 3.8) is 0 Å². The number of carbonyl (C=O) groups excluding carboxylic acids is 1. The van der Waals surface area contributed by atoms with Crippen LogP contribution in [-0.2, 0) is 4.79 Å². The van der Waals surface area contributed by atoms with Crippen LogP contribution in [0.25, 0.3) is 0 Å². The maximum Gasteiger partial charge on any atom is 0.135 e. The molecule has 0 aliphatic carbocycles. The number of carbonyl (C=O) groups is 1. The van der Waals surface area contributed by atoms with Gasteiger partial charge in [-0.05, 0) is 13.3 Å². The molecule has 0 saturated carbocycles. The fraction of sp³-hybridized carbons (Fsp3) is 0.875. The van der Waals surface area contributed by atoms with E-state index in [0.717, 1.165) is 6.42 Å². The number of rotatable bonds is 2. The van der Waals surface area contributed by atoms with E-state index in [1.165, 1.54) is 0 Å². The molecule has 0 amide bonds. The summed E-state index contributed by atoms with van der Waals surface area (Å²) in [7, 11) is 0. The number of hydrogen-bond acceptors (Lipinski definition) is 1. The van der Waals surface area contributed by atoms with E-state index < -0.39 is 0 Å². The van der Waals surface area contributed by atoms with E-state index in [9.17, 15) is 4.79 Å². The highest BCUT2D eigenvalue weighted by Crippen LogP contribution is 2.19. The second-order valence-corrected chi connectivity index (χ2v) is 2.79. The van der Waals surface area contributed by atoms with Gasteiger partial charge in [0.05, 0.1) is 0 Å². The van der Waals surface area contributed by atoms with Crippen LogP contribution in [0.15, 0.2) is 0 Å². The fourth-order valence-corrected chi connectivity index (χ4v) is 0.249. The molecule has 0 aliphatic heterocycles. The average molecular weight is 130 g/mol. The zero-order chi connectivity index (χ0) is 6.78. The Kier molecular flexibility index (Phi) is 4.65. The van der Waals surface area contributed by atoms with E-state index in [4.69, 9.17) is 0 Å². The summed E-state index contributed by atoms with van der Waals surface area (Å²) >= 11 is 0. The molecule has 0 rings (SSSR count). The van der Waals surface area contributed by atoms with E-state index in [0.29, 0.717) is 0 Å². The lowest BCUT2D eigenvalue weighted by Gasteiger charge is -2.17. The first kappa shape index (κ1) is 11.5. The van der Waals surface area contributed by atoms with Gasteiger partial charge in [-0.2, -0.15) is 0 Å². The van der Waals surface area contributed by atoms with Crippen molar-refractivity contribution in [2.45, 2.75) is 41.5 Å². The summed E-state index contributed by atoms with van der Waals surface area (Å²) in [6, 6.07) is 0. The maximum atomic E-state index is 10.7. The van der Waals surface area contributed by atoms with Gasteiger partial charge in [-0.25, -0.2) is 0 Å². The van der Waals surface area contributed by atoms with Gasteiger partial charge < -0.3 is 0 Å². The first-order valence-electron chi connectivity index (χ1n) is 3.01. The Bertz CT molecular complexity index is 92.7. The Morgan fingerprint density at radius 3 is 1.78 bits per heavy atom. The van der Waals surface area contributed by atoms with Crippen LogP contribution in [0.5, 0.6) is 0 Å². The topological polar surface area (TPSA) is 17.1 Å². The molecule has 0 radical (unpaired) electrons. The molecule has 56 valence electrons. The van der Waals surface area contributed by atoms with Crippen LogP contribution >= 0.6 is 0 Å². The van der Waals surface area contributed by atoms with Gasteiger partial charge in [-0.15, -0.1) is 0 Å². The van der Waals surface area contributed by atoms with Crippen LogP contribution < -0.4 is 0 Å². The normalized spacial score (nSPS) is 10.2. The number of Topliss-reactive ketones (excluding diaryl/α,β-unsaturated/α-hetero) is 1. The summed E-state index contributed by atoms with van der Waals surface area (Å²) in [5.74, 6) is 0.278. The maximum absolute atomic E-state index is 10.7. The summed E-state index contributed by atoms with van der Waals surface area (Å²) in [5, 5.41) is 0. The average Bonchev–Trinajstić information content (AvgIpc) is 1.67. The van der Waals surface area contributed by atoms with Gasteiger partial charge in [0, 0.05) is 5.41 Å². The van der Waals surface area contributed by atoms with Gasteiger partial charge in [0.15, 0.2) is 0 Å². The molecule has 0 N–H and O–H groups in total. The monoisotopic (exact) mass is 130 g/mol. The van der Waals surface area contributed by atoms with Crippen molar-refractivity contribution in [2.24, 2.45) is 5.41 Å². The fourth-order valence-electron chi connectivity index (χ4n) is 0.249. The van der Waals surface area contributed by atoms with Crippen LogP contribution in [-0.4, -0.2) is 5.78 Å².